The van der Waals surface area contributed by atoms with Crippen molar-refractivity contribution in [3.8, 4) is 0 Å². The third kappa shape index (κ3) is 3.63. The van der Waals surface area contributed by atoms with Crippen LogP contribution in [-0.4, -0.2) is 43.4 Å². The number of hydrogen-bond acceptors (Lipinski definition) is 3. The molecular formula is C20H23ClN2O. The molecule has 0 unspecified atom stereocenters. The van der Waals surface area contributed by atoms with Crippen LogP contribution in [0.15, 0.2) is 42.5 Å². The number of aryl methyl sites for hydroxylation is 1. The molecule has 2 aromatic carbocycles. The Morgan fingerprint density at radius 2 is 1.71 bits per heavy atom. The van der Waals surface area contributed by atoms with Crippen molar-refractivity contribution in [1.82, 2.24) is 4.90 Å². The first kappa shape index (κ1) is 17.0. The number of rotatable bonds is 4. The Kier molecular flexibility index (Phi) is 5.22. The molecule has 24 heavy (non-hydrogen) atoms. The van der Waals surface area contributed by atoms with E-state index >= 15 is 0 Å². The molecule has 0 radical (unpaired) electrons. The van der Waals surface area contributed by atoms with E-state index < -0.39 is 0 Å². The van der Waals surface area contributed by atoms with E-state index in [0.717, 1.165) is 26.2 Å². The number of carbonyl (C=O) groups is 1. The molecule has 1 aliphatic rings. The average Bonchev–Trinajstić information content (AvgIpc) is 2.58. The fourth-order valence-corrected chi connectivity index (χ4v) is 3.44. The zero-order valence-corrected chi connectivity index (χ0v) is 15.0. The molecule has 0 aliphatic carbocycles. The molecule has 1 fully saturated rings. The van der Waals surface area contributed by atoms with Gasteiger partial charge in [-0.3, -0.25) is 9.69 Å². The smallest absolute Gasteiger partial charge is 0.178 e. The highest BCUT2D eigenvalue weighted by atomic mass is 35.5. The number of halogens is 1. The van der Waals surface area contributed by atoms with E-state index in [4.69, 9.17) is 11.6 Å². The normalized spacial score (nSPS) is 15.5. The van der Waals surface area contributed by atoms with Crippen molar-refractivity contribution in [1.29, 1.82) is 0 Å². The highest BCUT2D eigenvalue weighted by Gasteiger charge is 2.21. The molecule has 0 amide bonds. The number of carbonyl (C=O) groups excluding carboxylic acids is 1. The summed E-state index contributed by atoms with van der Waals surface area (Å²) >= 11 is 6.12. The van der Waals surface area contributed by atoms with E-state index in [1.54, 1.807) is 12.1 Å². The van der Waals surface area contributed by atoms with Crippen LogP contribution < -0.4 is 4.90 Å². The number of ketones is 1. The molecule has 0 saturated carbocycles. The Bertz CT molecular complexity index is 736. The van der Waals surface area contributed by atoms with E-state index in [2.05, 4.69) is 41.8 Å². The number of hydrogen-bond donors (Lipinski definition) is 0. The van der Waals surface area contributed by atoms with Crippen molar-refractivity contribution in [3.63, 3.8) is 0 Å². The van der Waals surface area contributed by atoms with Gasteiger partial charge >= 0.3 is 0 Å². The zero-order valence-electron chi connectivity index (χ0n) is 14.3. The van der Waals surface area contributed by atoms with Gasteiger partial charge in [0, 0.05) is 37.4 Å². The summed E-state index contributed by atoms with van der Waals surface area (Å²) in [6.45, 7) is 8.44. The van der Waals surface area contributed by atoms with Gasteiger partial charge in [0.2, 0.25) is 0 Å². The minimum Gasteiger partial charge on any atom is -0.369 e. The summed E-state index contributed by atoms with van der Waals surface area (Å²) in [7, 11) is 0. The van der Waals surface area contributed by atoms with Crippen LogP contribution in [-0.2, 0) is 0 Å². The van der Waals surface area contributed by atoms with Crippen molar-refractivity contribution in [2.24, 2.45) is 0 Å². The van der Waals surface area contributed by atoms with Crippen LogP contribution in [0.1, 0.15) is 21.5 Å². The molecule has 4 heteroatoms. The summed E-state index contributed by atoms with van der Waals surface area (Å²) in [5.74, 6) is 0.0980. The summed E-state index contributed by atoms with van der Waals surface area (Å²) in [6, 6.07) is 13.7. The number of piperazine rings is 1. The Morgan fingerprint density at radius 1 is 1.00 bits per heavy atom. The quantitative estimate of drug-likeness (QED) is 0.786. The van der Waals surface area contributed by atoms with Gasteiger partial charge in [-0.1, -0.05) is 35.9 Å². The van der Waals surface area contributed by atoms with E-state index in [0.29, 0.717) is 17.1 Å². The summed E-state index contributed by atoms with van der Waals surface area (Å²) in [4.78, 5) is 17.1. The lowest BCUT2D eigenvalue weighted by atomic mass is 10.1. The lowest BCUT2D eigenvalue weighted by Crippen LogP contribution is -2.48. The van der Waals surface area contributed by atoms with Crippen molar-refractivity contribution < 1.29 is 4.79 Å². The predicted molar refractivity (Wildman–Crippen MR) is 100 cm³/mol. The van der Waals surface area contributed by atoms with Crippen LogP contribution >= 0.6 is 11.6 Å². The summed E-state index contributed by atoms with van der Waals surface area (Å²) in [5, 5.41) is 0.538. The Morgan fingerprint density at radius 3 is 2.42 bits per heavy atom. The minimum absolute atomic E-state index is 0.0980. The Hall–Kier alpha value is -1.84. The minimum atomic E-state index is 0.0980. The standard InChI is InChI=1S/C20H23ClN2O/c1-15-6-5-9-19(16(15)2)23-12-10-22(11-13-23)14-20(24)17-7-3-4-8-18(17)21/h3-9H,10-14H2,1-2H3. The maximum Gasteiger partial charge on any atom is 0.178 e. The van der Waals surface area contributed by atoms with E-state index in [9.17, 15) is 4.79 Å². The Balaban J connectivity index is 1.60. The summed E-state index contributed by atoms with van der Waals surface area (Å²) in [6.07, 6.45) is 0. The SMILES string of the molecule is Cc1cccc(N2CCN(CC(=O)c3ccccc3Cl)CC2)c1C. The third-order valence-corrected chi connectivity index (χ3v) is 5.16. The summed E-state index contributed by atoms with van der Waals surface area (Å²) in [5.41, 5.74) is 4.60. The van der Waals surface area contributed by atoms with Crippen molar-refractivity contribution in [3.05, 3.63) is 64.2 Å². The van der Waals surface area contributed by atoms with Crippen molar-refractivity contribution in [2.75, 3.05) is 37.6 Å². The molecule has 0 N–H and O–H groups in total. The molecule has 0 aromatic heterocycles. The number of nitrogens with zero attached hydrogens (tertiary/aromatic N) is 2. The lowest BCUT2D eigenvalue weighted by molar-refractivity contribution is 0.0926. The van der Waals surface area contributed by atoms with Gasteiger partial charge in [0.1, 0.15) is 0 Å². The maximum absolute atomic E-state index is 12.4. The Labute approximate surface area is 148 Å². The number of anilines is 1. The zero-order chi connectivity index (χ0) is 17.1. The van der Waals surface area contributed by atoms with E-state index in [1.165, 1.54) is 16.8 Å². The first-order chi connectivity index (χ1) is 11.6. The number of Topliss-reactive ketones (excluding diaryl/α,β-unsaturated/α-hetero) is 1. The molecule has 1 heterocycles. The van der Waals surface area contributed by atoms with Crippen LogP contribution in [0.4, 0.5) is 5.69 Å². The molecule has 3 nitrogen and oxygen atoms in total. The van der Waals surface area contributed by atoms with Gasteiger partial charge in [0.05, 0.1) is 11.6 Å². The van der Waals surface area contributed by atoms with Crippen LogP contribution in [0.3, 0.4) is 0 Å². The van der Waals surface area contributed by atoms with Crippen LogP contribution in [0.5, 0.6) is 0 Å². The second-order valence-corrected chi connectivity index (χ2v) is 6.79. The van der Waals surface area contributed by atoms with Gasteiger partial charge in [-0.05, 0) is 43.2 Å². The van der Waals surface area contributed by atoms with Gasteiger partial charge in [-0.15, -0.1) is 0 Å². The highest BCUT2D eigenvalue weighted by Crippen LogP contribution is 2.24. The maximum atomic E-state index is 12.4. The molecule has 0 atom stereocenters. The van der Waals surface area contributed by atoms with Gasteiger partial charge in [0.25, 0.3) is 0 Å². The number of benzene rings is 2. The molecule has 0 bridgehead atoms. The van der Waals surface area contributed by atoms with Crippen molar-refractivity contribution >= 4 is 23.1 Å². The average molecular weight is 343 g/mol. The topological polar surface area (TPSA) is 23.6 Å². The van der Waals surface area contributed by atoms with Gasteiger partial charge in [-0.25, -0.2) is 0 Å². The summed E-state index contributed by atoms with van der Waals surface area (Å²) < 4.78 is 0. The van der Waals surface area contributed by atoms with Gasteiger partial charge < -0.3 is 4.90 Å². The van der Waals surface area contributed by atoms with E-state index in [1.807, 2.05) is 12.1 Å². The first-order valence-corrected chi connectivity index (χ1v) is 8.75. The largest absolute Gasteiger partial charge is 0.369 e. The third-order valence-electron chi connectivity index (χ3n) is 4.83. The van der Waals surface area contributed by atoms with Gasteiger partial charge in [0.15, 0.2) is 5.78 Å². The molecule has 3 rings (SSSR count). The fourth-order valence-electron chi connectivity index (χ4n) is 3.20. The molecular weight excluding hydrogens is 320 g/mol. The van der Waals surface area contributed by atoms with Crippen LogP contribution in [0.2, 0.25) is 5.02 Å². The molecule has 1 aliphatic heterocycles. The monoisotopic (exact) mass is 342 g/mol. The van der Waals surface area contributed by atoms with Crippen molar-refractivity contribution in [2.45, 2.75) is 13.8 Å². The van der Waals surface area contributed by atoms with Crippen LogP contribution in [0, 0.1) is 13.8 Å². The van der Waals surface area contributed by atoms with E-state index in [-0.39, 0.29) is 5.78 Å². The molecule has 0 spiro atoms. The molecule has 2 aromatic rings. The second kappa shape index (κ2) is 7.37. The molecule has 1 saturated heterocycles. The van der Waals surface area contributed by atoms with Crippen LogP contribution in [0.25, 0.3) is 0 Å². The second-order valence-electron chi connectivity index (χ2n) is 6.39. The highest BCUT2D eigenvalue weighted by molar-refractivity contribution is 6.34. The lowest BCUT2D eigenvalue weighted by Gasteiger charge is -2.36. The first-order valence-electron chi connectivity index (χ1n) is 8.37. The predicted octanol–water partition coefficient (Wildman–Crippen LogP) is 3.96. The van der Waals surface area contributed by atoms with Gasteiger partial charge in [-0.2, -0.15) is 0 Å². The molecule has 126 valence electrons. The fraction of sp³-hybridized carbons (Fsp3) is 0.350.